The summed E-state index contributed by atoms with van der Waals surface area (Å²) in [6.45, 7) is 7.77. The highest BCUT2D eigenvalue weighted by Crippen LogP contribution is 2.41. The number of likely N-dealkylation sites (tertiary alicyclic amines) is 2. The minimum Gasteiger partial charge on any atom is -0.339 e. The van der Waals surface area contributed by atoms with Gasteiger partial charge in [-0.3, -0.25) is 14.5 Å². The van der Waals surface area contributed by atoms with E-state index in [0.29, 0.717) is 55.0 Å². The molecule has 0 spiro atoms. The van der Waals surface area contributed by atoms with Gasteiger partial charge in [0, 0.05) is 50.4 Å². The maximum Gasteiger partial charge on any atom is 0.261 e. The van der Waals surface area contributed by atoms with Gasteiger partial charge in [0.15, 0.2) is 0 Å². The van der Waals surface area contributed by atoms with Crippen molar-refractivity contribution in [2.45, 2.75) is 43.4 Å². The molecule has 1 N–H and O–H groups in total. The summed E-state index contributed by atoms with van der Waals surface area (Å²) in [5.41, 5.74) is 4.27. The van der Waals surface area contributed by atoms with Gasteiger partial charge in [0.2, 0.25) is 10.0 Å². The number of aryl methyl sites for hydroxylation is 2. The average molecular weight is 647 g/mol. The van der Waals surface area contributed by atoms with Crippen LogP contribution in [0.25, 0.3) is 0 Å². The number of sulfonamides is 1. The first-order valence-electron chi connectivity index (χ1n) is 15.6. The van der Waals surface area contributed by atoms with Gasteiger partial charge in [-0.2, -0.15) is 0 Å². The molecule has 12 heteroatoms. The van der Waals surface area contributed by atoms with Crippen LogP contribution in [0.15, 0.2) is 71.5 Å². The molecule has 3 aromatic rings. The first-order valence-corrected chi connectivity index (χ1v) is 17.1. The summed E-state index contributed by atoms with van der Waals surface area (Å²) in [4.78, 5) is 41.2. The van der Waals surface area contributed by atoms with Crippen LogP contribution in [-0.4, -0.2) is 91.2 Å². The van der Waals surface area contributed by atoms with Crippen molar-refractivity contribution in [2.24, 2.45) is 5.92 Å². The third-order valence-corrected chi connectivity index (χ3v) is 11.3. The van der Waals surface area contributed by atoms with Crippen LogP contribution >= 0.6 is 0 Å². The number of aromatic nitrogens is 2. The Balaban J connectivity index is 1.12. The Hall–Kier alpha value is -4.00. The molecule has 1 aromatic heterocycles. The van der Waals surface area contributed by atoms with E-state index in [2.05, 4.69) is 19.6 Å². The molecule has 242 valence electrons. The maximum absolute atomic E-state index is 14.5. The van der Waals surface area contributed by atoms with Crippen molar-refractivity contribution in [2.75, 3.05) is 46.3 Å². The lowest BCUT2D eigenvalue weighted by Crippen LogP contribution is -2.46. The molecule has 0 aliphatic carbocycles. The zero-order valence-electron chi connectivity index (χ0n) is 26.4. The molecule has 1 unspecified atom stereocenters. The zero-order chi connectivity index (χ0) is 32.6. The number of carbonyl (C=O) groups is 2. The predicted molar refractivity (Wildman–Crippen MR) is 171 cm³/mol. The second kappa shape index (κ2) is 12.7. The van der Waals surface area contributed by atoms with Crippen molar-refractivity contribution in [3.05, 3.63) is 101 Å². The highest BCUT2D eigenvalue weighted by atomic mass is 32.2. The molecule has 1 atom stereocenters. The van der Waals surface area contributed by atoms with Crippen LogP contribution in [0, 0.1) is 25.6 Å². The summed E-state index contributed by atoms with van der Waals surface area (Å²) >= 11 is 0. The fourth-order valence-electron chi connectivity index (χ4n) is 7.14. The lowest BCUT2D eigenvalue weighted by molar-refractivity contribution is 0.0650. The number of piperidine rings is 1. The van der Waals surface area contributed by atoms with Gasteiger partial charge in [-0.15, -0.1) is 0 Å². The molecule has 2 fully saturated rings. The van der Waals surface area contributed by atoms with E-state index in [0.717, 1.165) is 31.6 Å². The third kappa shape index (κ3) is 6.21. The summed E-state index contributed by atoms with van der Waals surface area (Å²) in [7, 11) is -2.24. The van der Waals surface area contributed by atoms with E-state index >= 15 is 0 Å². The molecule has 6 rings (SSSR count). The second-order valence-corrected chi connectivity index (χ2v) is 14.5. The summed E-state index contributed by atoms with van der Waals surface area (Å²) < 4.78 is 40.9. The third-order valence-electron chi connectivity index (χ3n) is 9.88. The summed E-state index contributed by atoms with van der Waals surface area (Å²) in [6, 6.07) is 12.8. The van der Waals surface area contributed by atoms with Crippen molar-refractivity contribution in [3.8, 4) is 0 Å². The van der Waals surface area contributed by atoms with E-state index in [1.54, 1.807) is 34.1 Å². The Bertz CT molecular complexity index is 1770. The number of amides is 2. The number of hydrogen-bond donors (Lipinski definition) is 1. The molecular formula is C34H39FN6O4S. The van der Waals surface area contributed by atoms with Crippen molar-refractivity contribution in [1.82, 2.24) is 29.4 Å². The molecule has 2 saturated heterocycles. The normalized spacial score (nSPS) is 19.7. The van der Waals surface area contributed by atoms with Crippen LogP contribution in [-0.2, 0) is 15.4 Å². The number of rotatable bonds is 8. The number of hydrogen-bond acceptors (Lipinski definition) is 7. The molecule has 46 heavy (non-hydrogen) atoms. The highest BCUT2D eigenvalue weighted by molar-refractivity contribution is 7.89. The van der Waals surface area contributed by atoms with Gasteiger partial charge in [0.25, 0.3) is 11.8 Å². The van der Waals surface area contributed by atoms with Crippen molar-refractivity contribution < 1.29 is 22.4 Å². The van der Waals surface area contributed by atoms with E-state index in [1.807, 2.05) is 26.1 Å². The van der Waals surface area contributed by atoms with Crippen LogP contribution < -0.4 is 4.72 Å². The van der Waals surface area contributed by atoms with Crippen LogP contribution in [0.2, 0.25) is 0 Å². The standard InChI is InChI=1S/C34H39FN6O4S/c1-23-31(24(2)38-22-37-23)33(43)41-20-26-18-39(19-27(26)21-41)14-11-34(28-5-4-6-29(35)17-28)12-15-40(16-13-34)32(42)25-7-9-30(10-8-25)46(44,45)36-3/h4-10,17,20,22,27,36H,11-16,18-19,21H2,1-3H3. The molecule has 10 nitrogen and oxygen atoms in total. The summed E-state index contributed by atoms with van der Waals surface area (Å²) in [5, 5.41) is 0. The van der Waals surface area contributed by atoms with Gasteiger partial charge in [0.05, 0.1) is 21.8 Å². The van der Waals surface area contributed by atoms with Gasteiger partial charge in [-0.05, 0) is 99.7 Å². The molecular weight excluding hydrogens is 607 g/mol. The number of fused-ring (bicyclic) bond motifs is 1. The van der Waals surface area contributed by atoms with Crippen LogP contribution in [0.1, 0.15) is 56.9 Å². The number of carbonyl (C=O) groups excluding carboxylic acids is 2. The fourth-order valence-corrected chi connectivity index (χ4v) is 7.87. The van der Waals surface area contributed by atoms with Crippen LogP contribution in [0.4, 0.5) is 4.39 Å². The molecule has 4 heterocycles. The monoisotopic (exact) mass is 646 g/mol. The molecule has 0 bridgehead atoms. The highest BCUT2D eigenvalue weighted by Gasteiger charge is 2.40. The maximum atomic E-state index is 14.5. The smallest absolute Gasteiger partial charge is 0.261 e. The van der Waals surface area contributed by atoms with E-state index in [1.165, 1.54) is 37.1 Å². The molecule has 3 aliphatic heterocycles. The summed E-state index contributed by atoms with van der Waals surface area (Å²) in [6.07, 6.45) is 5.67. The fraction of sp³-hybridized carbons (Fsp3) is 0.412. The van der Waals surface area contributed by atoms with Crippen molar-refractivity contribution >= 4 is 21.8 Å². The molecule has 0 saturated carbocycles. The van der Waals surface area contributed by atoms with Crippen LogP contribution in [0.5, 0.6) is 0 Å². The van der Waals surface area contributed by atoms with Gasteiger partial charge in [0.1, 0.15) is 12.1 Å². The van der Waals surface area contributed by atoms with Gasteiger partial charge in [-0.1, -0.05) is 12.1 Å². The Morgan fingerprint density at radius 3 is 2.33 bits per heavy atom. The Morgan fingerprint density at radius 1 is 1.00 bits per heavy atom. The quantitative estimate of drug-likeness (QED) is 0.397. The second-order valence-electron chi connectivity index (χ2n) is 12.6. The van der Waals surface area contributed by atoms with Crippen molar-refractivity contribution in [3.63, 3.8) is 0 Å². The zero-order valence-corrected chi connectivity index (χ0v) is 27.2. The first kappa shape index (κ1) is 32.0. The number of benzene rings is 2. The summed E-state index contributed by atoms with van der Waals surface area (Å²) in [5.74, 6) is -0.207. The van der Waals surface area contributed by atoms with E-state index < -0.39 is 10.0 Å². The van der Waals surface area contributed by atoms with E-state index in [-0.39, 0.29) is 33.9 Å². The number of nitrogens with zero attached hydrogens (tertiary/aromatic N) is 5. The first-order chi connectivity index (χ1) is 22.0. The topological polar surface area (TPSA) is 116 Å². The number of nitrogens with one attached hydrogen (secondary N) is 1. The SMILES string of the molecule is CNS(=O)(=O)c1ccc(C(=O)N2CCC(CCN3CC4=CN(C(=O)c5c(C)ncnc5C)CC4C3)(c3cccc(F)c3)CC2)cc1. The molecule has 3 aliphatic rings. The Morgan fingerprint density at radius 2 is 1.70 bits per heavy atom. The Kier molecular flexibility index (Phi) is 8.79. The van der Waals surface area contributed by atoms with Gasteiger partial charge >= 0.3 is 0 Å². The molecule has 2 amide bonds. The number of halogens is 1. The predicted octanol–water partition coefficient (Wildman–Crippen LogP) is 3.68. The van der Waals surface area contributed by atoms with Gasteiger partial charge in [-0.25, -0.2) is 27.5 Å². The van der Waals surface area contributed by atoms with Crippen molar-refractivity contribution in [1.29, 1.82) is 0 Å². The van der Waals surface area contributed by atoms with Gasteiger partial charge < -0.3 is 9.80 Å². The minimum absolute atomic E-state index is 0.0608. The largest absolute Gasteiger partial charge is 0.339 e. The van der Waals surface area contributed by atoms with E-state index in [9.17, 15) is 22.4 Å². The lowest BCUT2D eigenvalue weighted by Gasteiger charge is -2.43. The molecule has 2 aromatic carbocycles. The minimum atomic E-state index is -3.59. The lowest BCUT2D eigenvalue weighted by atomic mass is 9.70. The van der Waals surface area contributed by atoms with Crippen LogP contribution in [0.3, 0.4) is 0 Å². The average Bonchev–Trinajstić information content (AvgIpc) is 3.63. The molecule has 0 radical (unpaired) electrons. The van der Waals surface area contributed by atoms with E-state index in [4.69, 9.17) is 0 Å². The Labute approximate surface area is 269 Å².